The zero-order valence-corrected chi connectivity index (χ0v) is 16.9. The normalized spacial score (nSPS) is 28.3. The van der Waals surface area contributed by atoms with E-state index in [1.807, 2.05) is 4.98 Å². The zero-order valence-electron chi connectivity index (χ0n) is 13.1. The molecule has 1 saturated heterocycles. The van der Waals surface area contributed by atoms with Gasteiger partial charge in [0.25, 0.3) is 5.56 Å². The minimum Gasteiger partial charge on any atom is -0.387 e. The van der Waals surface area contributed by atoms with E-state index in [0.717, 1.165) is 16.8 Å². The van der Waals surface area contributed by atoms with Gasteiger partial charge in [-0.2, -0.15) is 4.31 Å². The van der Waals surface area contributed by atoms with Crippen LogP contribution in [0.5, 0.6) is 0 Å². The van der Waals surface area contributed by atoms with Crippen LogP contribution in [0, 0.1) is 0 Å². The van der Waals surface area contributed by atoms with Gasteiger partial charge in [0.2, 0.25) is 0 Å². The second-order valence-electron chi connectivity index (χ2n) is 4.90. The fourth-order valence-electron chi connectivity index (χ4n) is 2.05. The van der Waals surface area contributed by atoms with Crippen molar-refractivity contribution in [2.45, 2.75) is 24.5 Å². The topological polar surface area (TPSA) is 218 Å². The molecule has 0 bridgehead atoms. The summed E-state index contributed by atoms with van der Waals surface area (Å²) in [6.45, 7) is -0.902. The molecule has 1 aliphatic heterocycles. The van der Waals surface area contributed by atoms with Gasteiger partial charge in [-0.1, -0.05) is 0 Å². The van der Waals surface area contributed by atoms with Gasteiger partial charge in [0, 0.05) is 43.2 Å². The van der Waals surface area contributed by atoms with Crippen molar-refractivity contribution < 1.29 is 49.0 Å². The number of aromatic amines is 1. The Balaban J connectivity index is 0.00000338. The molecule has 0 aromatic carbocycles. The maximum Gasteiger partial charge on any atom is 0.481 e. The van der Waals surface area contributed by atoms with E-state index in [2.05, 4.69) is 8.83 Å². The van der Waals surface area contributed by atoms with Crippen LogP contribution >= 0.6 is 15.6 Å². The number of H-pyrrole nitrogens is 1. The average Bonchev–Trinajstić information content (AvgIpc) is 2.71. The summed E-state index contributed by atoms with van der Waals surface area (Å²) < 4.78 is 35.6. The molecule has 2 rings (SSSR count). The molecule has 5 atom stereocenters. The van der Waals surface area contributed by atoms with Crippen molar-refractivity contribution in [2.75, 3.05) is 6.61 Å². The van der Waals surface area contributed by atoms with Crippen LogP contribution in [0.1, 0.15) is 7.65 Å². The van der Waals surface area contributed by atoms with Crippen molar-refractivity contribution in [3.05, 3.63) is 33.1 Å². The number of phosphoric ester groups is 1. The summed E-state index contributed by atoms with van der Waals surface area (Å²) in [6.07, 6.45) is -5.25. The minimum absolute atomic E-state index is 0. The first-order valence-corrected chi connectivity index (χ1v) is 9.49. The van der Waals surface area contributed by atoms with E-state index in [1.54, 1.807) is 0 Å². The second-order valence-corrected chi connectivity index (χ2v) is 7.73. The Morgan fingerprint density at radius 3 is 2.38 bits per heavy atom. The van der Waals surface area contributed by atoms with E-state index in [9.17, 15) is 28.9 Å². The van der Waals surface area contributed by atoms with E-state index >= 15 is 0 Å². The largest absolute Gasteiger partial charge is 0.481 e. The van der Waals surface area contributed by atoms with Crippen molar-refractivity contribution in [1.29, 1.82) is 0 Å². The first-order valence-electron chi connectivity index (χ1n) is 6.47. The molecular formula is C9H16N2NaO12P2. The number of rotatable bonds is 6. The van der Waals surface area contributed by atoms with Gasteiger partial charge in [-0.15, -0.1) is 0 Å². The molecule has 2 heterocycles. The molecule has 26 heavy (non-hydrogen) atoms. The van der Waals surface area contributed by atoms with Gasteiger partial charge in [0.1, 0.15) is 18.3 Å². The second kappa shape index (κ2) is 8.88. The fourth-order valence-corrected chi connectivity index (χ4v) is 3.65. The number of hydrogen-bond donors (Lipinski definition) is 6. The Morgan fingerprint density at radius 2 is 1.85 bits per heavy atom. The monoisotopic (exact) mass is 429 g/mol. The Labute approximate surface area is 168 Å². The molecule has 17 heteroatoms. The first kappa shape index (κ1) is 23.9. The van der Waals surface area contributed by atoms with Crippen LogP contribution in [-0.2, 0) is 22.7 Å². The number of aromatic nitrogens is 2. The Morgan fingerprint density at radius 1 is 1.23 bits per heavy atom. The molecule has 1 radical (unpaired) electrons. The van der Waals surface area contributed by atoms with Crippen molar-refractivity contribution in [1.82, 2.24) is 9.55 Å². The standard InChI is InChI=1S/C9H14N2O12P2.Na.H2/c12-5-1-2-11(9(15)10-5)8-7(14)6(13)4(22-8)3-21-25(19,20)23-24(16,17)18;;/h1-2,4,6-8,13-14H,3H2,(H,19,20)(H,10,12,15)(H2,16,17,18);;1H/t4-,6-,7-,8-;;/m1../s1. The number of nitrogens with one attached hydrogen (secondary N) is 1. The van der Waals surface area contributed by atoms with Crippen molar-refractivity contribution >= 4 is 45.2 Å². The fraction of sp³-hybridized carbons (Fsp3) is 0.556. The van der Waals surface area contributed by atoms with Crippen LogP contribution in [-0.4, -0.2) is 88.9 Å². The summed E-state index contributed by atoms with van der Waals surface area (Å²) in [5.41, 5.74) is -1.65. The van der Waals surface area contributed by atoms with Gasteiger partial charge in [-0.05, 0) is 0 Å². The zero-order chi connectivity index (χ0) is 19.0. The molecule has 1 aromatic heterocycles. The van der Waals surface area contributed by atoms with Gasteiger partial charge >= 0.3 is 21.3 Å². The average molecular weight is 429 g/mol. The quantitative estimate of drug-likeness (QED) is 0.200. The Bertz CT molecular complexity index is 841. The number of aliphatic hydroxyl groups excluding tert-OH is 2. The molecular weight excluding hydrogens is 413 g/mol. The molecule has 14 nitrogen and oxygen atoms in total. The van der Waals surface area contributed by atoms with Crippen LogP contribution in [0.4, 0.5) is 0 Å². The van der Waals surface area contributed by atoms with Crippen LogP contribution < -0.4 is 11.2 Å². The van der Waals surface area contributed by atoms with E-state index in [4.69, 9.17) is 19.4 Å². The van der Waals surface area contributed by atoms with Crippen LogP contribution in [0.3, 0.4) is 0 Å². The number of aliphatic hydroxyl groups is 2. The predicted molar refractivity (Wildman–Crippen MR) is 84.0 cm³/mol. The number of hydrogen-bond acceptors (Lipinski definition) is 9. The number of ether oxygens (including phenoxy) is 1. The van der Waals surface area contributed by atoms with Gasteiger partial charge < -0.3 is 29.6 Å². The van der Waals surface area contributed by atoms with Gasteiger partial charge in [0.05, 0.1) is 6.61 Å². The molecule has 1 aliphatic rings. The number of nitrogens with zero attached hydrogens (tertiary/aromatic N) is 1. The third-order valence-electron chi connectivity index (χ3n) is 3.07. The van der Waals surface area contributed by atoms with Gasteiger partial charge in [0.15, 0.2) is 6.23 Å². The maximum absolute atomic E-state index is 11.7. The van der Waals surface area contributed by atoms with Gasteiger partial charge in [-0.25, -0.2) is 13.9 Å². The summed E-state index contributed by atoms with van der Waals surface area (Å²) in [4.78, 5) is 50.7. The van der Waals surface area contributed by atoms with Crippen molar-refractivity contribution in [3.8, 4) is 0 Å². The molecule has 0 aliphatic carbocycles. The van der Waals surface area contributed by atoms with Crippen molar-refractivity contribution in [2.24, 2.45) is 0 Å². The SMILES string of the molecule is O=c1ccn([C@@H]2O[C@H](COP(=O)(O)OP(=O)(O)O)[C@@H](O)[C@H]2O)c(=O)[nH]1.[HH].[Na]. The molecule has 0 saturated carbocycles. The first-order chi connectivity index (χ1) is 11.4. The van der Waals surface area contributed by atoms with E-state index < -0.39 is 58.0 Å². The molecule has 1 fully saturated rings. The molecule has 1 unspecified atom stereocenters. The predicted octanol–water partition coefficient (Wildman–Crippen LogP) is -2.75. The summed E-state index contributed by atoms with van der Waals surface area (Å²) in [6, 6.07) is 0.962. The Hall–Kier alpha value is -0.180. The summed E-state index contributed by atoms with van der Waals surface area (Å²) in [5, 5.41) is 19.8. The minimum atomic E-state index is -5.32. The third kappa shape index (κ3) is 6.17. The molecule has 0 spiro atoms. The van der Waals surface area contributed by atoms with E-state index in [0.29, 0.717) is 0 Å². The molecule has 0 amide bonds. The van der Waals surface area contributed by atoms with Crippen LogP contribution in [0.2, 0.25) is 0 Å². The summed E-state index contributed by atoms with van der Waals surface area (Å²) >= 11 is 0. The maximum atomic E-state index is 11.7. The summed E-state index contributed by atoms with van der Waals surface area (Å²) in [5.74, 6) is 0. The molecule has 6 N–H and O–H groups in total. The Kier molecular flexibility index (Phi) is 8.15. The van der Waals surface area contributed by atoms with Crippen LogP contribution in [0.25, 0.3) is 0 Å². The van der Waals surface area contributed by atoms with E-state index in [1.165, 1.54) is 0 Å². The molecule has 1 aromatic rings. The smallest absolute Gasteiger partial charge is 0.387 e. The van der Waals surface area contributed by atoms with Crippen LogP contribution in [0.15, 0.2) is 21.9 Å². The summed E-state index contributed by atoms with van der Waals surface area (Å²) in [7, 11) is -10.5. The number of phosphoric acid groups is 2. The third-order valence-corrected chi connectivity index (χ3v) is 5.23. The van der Waals surface area contributed by atoms with E-state index in [-0.39, 0.29) is 31.0 Å². The van der Waals surface area contributed by atoms with Crippen molar-refractivity contribution in [3.63, 3.8) is 0 Å². The van der Waals surface area contributed by atoms with Gasteiger partial charge in [-0.3, -0.25) is 18.9 Å². The molecule has 145 valence electrons.